The number of hydrogen-bond donors (Lipinski definition) is 0. The summed E-state index contributed by atoms with van der Waals surface area (Å²) in [4.78, 5) is 2.39. The number of anilines is 3. The van der Waals surface area contributed by atoms with Crippen molar-refractivity contribution in [2.24, 2.45) is 0 Å². The molecule has 11 rings (SSSR count). The maximum absolute atomic E-state index is 2.39. The van der Waals surface area contributed by atoms with E-state index in [0.29, 0.717) is 0 Å². The predicted octanol–water partition coefficient (Wildman–Crippen LogP) is 17.5. The van der Waals surface area contributed by atoms with Crippen LogP contribution in [0.1, 0.15) is 56.4 Å². The minimum Gasteiger partial charge on any atom is -0.311 e. The van der Waals surface area contributed by atoms with E-state index in [0.717, 1.165) is 23.5 Å². The quantitative estimate of drug-likeness (QED) is 0.148. The van der Waals surface area contributed by atoms with E-state index in [1.165, 1.54) is 88.3 Å². The van der Waals surface area contributed by atoms with Gasteiger partial charge in [-0.2, -0.15) is 0 Å². The molecule has 0 saturated heterocycles. The monoisotopic (exact) mass is 821 g/mol. The van der Waals surface area contributed by atoms with Gasteiger partial charge in [0.15, 0.2) is 0 Å². The first-order valence-electron chi connectivity index (χ1n) is 22.7. The Hall–Kier alpha value is -7.48. The van der Waals surface area contributed by atoms with Crippen LogP contribution >= 0.6 is 0 Å². The molecular weight excluding hydrogens is 771 g/mol. The van der Waals surface area contributed by atoms with Crippen LogP contribution in [0.4, 0.5) is 17.1 Å². The summed E-state index contributed by atoms with van der Waals surface area (Å²) in [5.41, 5.74) is 18.7. The number of hydrogen-bond acceptors (Lipinski definition) is 1. The molecule has 0 saturated carbocycles. The van der Waals surface area contributed by atoms with Crippen LogP contribution in [-0.2, 0) is 10.8 Å². The van der Waals surface area contributed by atoms with Gasteiger partial charge in [-0.15, -0.1) is 0 Å². The molecule has 0 fully saturated rings. The first kappa shape index (κ1) is 39.4. The molecule has 10 aromatic rings. The topological polar surface area (TPSA) is 3.24 Å². The average molecular weight is 822 g/mol. The van der Waals surface area contributed by atoms with Crippen LogP contribution < -0.4 is 4.90 Å². The molecule has 1 aliphatic carbocycles. The Labute approximate surface area is 378 Å². The molecular formula is C63H51N. The third kappa shape index (κ3) is 6.54. The summed E-state index contributed by atoms with van der Waals surface area (Å²) in [7, 11) is 0. The molecule has 0 bridgehead atoms. The SMILES string of the molecule is CCC1(c2ccc(C(C)(C)C)cc2)c2ccccc2-c2c(-c3ccc(N(c4ccc(-c5cccc6ccccc56)cc4)c4ccc(-c5cccc6ccccc56)cc4)cc3)cccc21. The second-order valence-electron chi connectivity index (χ2n) is 18.4. The number of nitrogens with zero attached hydrogens (tertiary/aromatic N) is 1. The van der Waals surface area contributed by atoms with Gasteiger partial charge in [0, 0.05) is 22.5 Å². The zero-order valence-electron chi connectivity index (χ0n) is 37.0. The van der Waals surface area contributed by atoms with Crippen molar-refractivity contribution < 1.29 is 0 Å². The summed E-state index contributed by atoms with van der Waals surface area (Å²) >= 11 is 0. The Morgan fingerprint density at radius 2 is 0.781 bits per heavy atom. The van der Waals surface area contributed by atoms with Crippen molar-refractivity contribution >= 4 is 38.6 Å². The fourth-order valence-corrected chi connectivity index (χ4v) is 10.6. The summed E-state index contributed by atoms with van der Waals surface area (Å²) in [6.07, 6.45) is 0.974. The van der Waals surface area contributed by atoms with E-state index in [2.05, 4.69) is 257 Å². The van der Waals surface area contributed by atoms with Crippen LogP contribution in [0.3, 0.4) is 0 Å². The Bertz CT molecular complexity index is 3180. The molecule has 0 heterocycles. The second-order valence-corrected chi connectivity index (χ2v) is 18.4. The van der Waals surface area contributed by atoms with Gasteiger partial charge in [-0.25, -0.2) is 0 Å². The summed E-state index contributed by atoms with van der Waals surface area (Å²) < 4.78 is 0. The highest BCUT2D eigenvalue weighted by atomic mass is 15.1. The van der Waals surface area contributed by atoms with E-state index in [1.807, 2.05) is 0 Å². The molecule has 1 atom stereocenters. The molecule has 0 spiro atoms. The van der Waals surface area contributed by atoms with Gasteiger partial charge in [0.2, 0.25) is 0 Å². The van der Waals surface area contributed by atoms with E-state index < -0.39 is 0 Å². The zero-order valence-corrected chi connectivity index (χ0v) is 37.0. The minimum atomic E-state index is -0.231. The molecule has 0 aliphatic heterocycles. The number of fused-ring (bicyclic) bond motifs is 5. The van der Waals surface area contributed by atoms with Crippen molar-refractivity contribution in [3.8, 4) is 44.5 Å². The average Bonchev–Trinajstić information content (AvgIpc) is 3.65. The lowest BCUT2D eigenvalue weighted by molar-refractivity contribution is 0.584. The van der Waals surface area contributed by atoms with Crippen molar-refractivity contribution in [3.63, 3.8) is 0 Å². The molecule has 64 heavy (non-hydrogen) atoms. The first-order chi connectivity index (χ1) is 31.3. The highest BCUT2D eigenvalue weighted by Crippen LogP contribution is 2.57. The number of rotatable bonds is 8. The van der Waals surface area contributed by atoms with Crippen molar-refractivity contribution in [3.05, 3.63) is 247 Å². The Morgan fingerprint density at radius 3 is 1.30 bits per heavy atom. The van der Waals surface area contributed by atoms with Gasteiger partial charge in [-0.3, -0.25) is 0 Å². The van der Waals surface area contributed by atoms with E-state index in [4.69, 9.17) is 0 Å². The third-order valence-electron chi connectivity index (χ3n) is 13.8. The standard InChI is InChI=1S/C63H51N/c1-5-63(49-35-33-48(34-36-49)62(2,3)4)59-25-11-10-21-58(59)61-57(24-14-26-60(61)63)47-31-41-52(42-32-47)64(50-37-27-45(28-38-50)55-22-12-17-43-15-6-8-19-53(43)55)51-39-29-46(30-40-51)56-23-13-18-44-16-7-9-20-54(44)56/h6-42H,5H2,1-4H3. The zero-order chi connectivity index (χ0) is 43.4. The summed E-state index contributed by atoms with van der Waals surface area (Å²) in [5.74, 6) is 0. The van der Waals surface area contributed by atoms with Crippen LogP contribution in [-0.4, -0.2) is 0 Å². The highest BCUT2D eigenvalue weighted by molar-refractivity contribution is 5.99. The molecule has 308 valence electrons. The van der Waals surface area contributed by atoms with Gasteiger partial charge in [0.25, 0.3) is 0 Å². The van der Waals surface area contributed by atoms with Gasteiger partial charge in [-0.05, 0) is 137 Å². The Balaban J connectivity index is 1.01. The molecule has 0 aromatic heterocycles. The third-order valence-corrected chi connectivity index (χ3v) is 13.8. The molecule has 10 aromatic carbocycles. The fourth-order valence-electron chi connectivity index (χ4n) is 10.6. The van der Waals surface area contributed by atoms with Crippen LogP contribution in [0.25, 0.3) is 66.1 Å². The van der Waals surface area contributed by atoms with E-state index in [1.54, 1.807) is 0 Å². The van der Waals surface area contributed by atoms with Gasteiger partial charge in [-0.1, -0.05) is 216 Å². The summed E-state index contributed by atoms with van der Waals surface area (Å²) in [5, 5.41) is 5.03. The van der Waals surface area contributed by atoms with E-state index in [-0.39, 0.29) is 10.8 Å². The van der Waals surface area contributed by atoms with E-state index >= 15 is 0 Å². The molecule has 1 unspecified atom stereocenters. The smallest absolute Gasteiger partial charge is 0.0462 e. The number of benzene rings is 10. The Kier molecular flexibility index (Phi) is 9.66. The van der Waals surface area contributed by atoms with Crippen molar-refractivity contribution in [1.29, 1.82) is 0 Å². The van der Waals surface area contributed by atoms with Gasteiger partial charge in [0.05, 0.1) is 0 Å². The van der Waals surface area contributed by atoms with Crippen molar-refractivity contribution in [1.82, 2.24) is 0 Å². The van der Waals surface area contributed by atoms with Crippen LogP contribution in [0.2, 0.25) is 0 Å². The first-order valence-corrected chi connectivity index (χ1v) is 22.7. The molecule has 0 radical (unpaired) electrons. The van der Waals surface area contributed by atoms with Gasteiger partial charge < -0.3 is 4.90 Å². The second kappa shape index (κ2) is 15.7. The molecule has 1 heteroatoms. The van der Waals surface area contributed by atoms with Crippen LogP contribution in [0.5, 0.6) is 0 Å². The van der Waals surface area contributed by atoms with Gasteiger partial charge >= 0.3 is 0 Å². The minimum absolute atomic E-state index is 0.0974. The predicted molar refractivity (Wildman–Crippen MR) is 273 cm³/mol. The maximum atomic E-state index is 2.39. The van der Waals surface area contributed by atoms with Crippen LogP contribution in [0, 0.1) is 0 Å². The largest absolute Gasteiger partial charge is 0.311 e. The fraction of sp³-hybridized carbons (Fsp3) is 0.111. The highest BCUT2D eigenvalue weighted by Gasteiger charge is 2.44. The maximum Gasteiger partial charge on any atom is 0.0462 e. The summed E-state index contributed by atoms with van der Waals surface area (Å²) in [6, 6.07) is 83.3. The lowest BCUT2D eigenvalue weighted by atomic mass is 9.70. The molecule has 1 aliphatic rings. The molecule has 0 amide bonds. The van der Waals surface area contributed by atoms with Gasteiger partial charge in [0.1, 0.15) is 0 Å². The lowest BCUT2D eigenvalue weighted by Crippen LogP contribution is -2.26. The Morgan fingerprint density at radius 1 is 0.375 bits per heavy atom. The normalized spacial score (nSPS) is 14.4. The molecule has 0 N–H and O–H groups in total. The van der Waals surface area contributed by atoms with E-state index in [9.17, 15) is 0 Å². The van der Waals surface area contributed by atoms with Crippen molar-refractivity contribution in [2.75, 3.05) is 4.90 Å². The summed E-state index contributed by atoms with van der Waals surface area (Å²) in [6.45, 7) is 9.23. The van der Waals surface area contributed by atoms with Crippen molar-refractivity contribution in [2.45, 2.75) is 44.9 Å². The lowest BCUT2D eigenvalue weighted by Gasteiger charge is -2.32. The van der Waals surface area contributed by atoms with Crippen LogP contribution in [0.15, 0.2) is 224 Å². The molecule has 1 nitrogen and oxygen atoms in total.